The zero-order valence-corrected chi connectivity index (χ0v) is 19.0. The Bertz CT molecular complexity index is 1400. The van der Waals surface area contributed by atoms with Crippen molar-refractivity contribution < 1.29 is 18.3 Å². The minimum atomic E-state index is -0.696. The van der Waals surface area contributed by atoms with Crippen LogP contribution in [0.1, 0.15) is 41.5 Å². The van der Waals surface area contributed by atoms with Crippen LogP contribution < -0.4 is 15.2 Å². The van der Waals surface area contributed by atoms with Gasteiger partial charge in [0.15, 0.2) is 5.65 Å². The van der Waals surface area contributed by atoms with Crippen molar-refractivity contribution in [1.82, 2.24) is 20.0 Å². The van der Waals surface area contributed by atoms with Crippen molar-refractivity contribution in [2.45, 2.75) is 26.7 Å². The lowest BCUT2D eigenvalue weighted by molar-refractivity contribution is 0.0942. The van der Waals surface area contributed by atoms with Crippen molar-refractivity contribution in [3.05, 3.63) is 77.2 Å². The summed E-state index contributed by atoms with van der Waals surface area (Å²) in [6.45, 7) is 6.44. The van der Waals surface area contributed by atoms with Crippen molar-refractivity contribution in [2.75, 3.05) is 18.2 Å². The van der Waals surface area contributed by atoms with E-state index in [1.807, 2.05) is 38.1 Å². The summed E-state index contributed by atoms with van der Waals surface area (Å²) < 4.78 is 36.3. The fraction of sp³-hybridized carbons (Fsp3) is 0.240. The maximum atomic E-state index is 14.6. The standard InChI is InChI=1S/C25H23F2N5O2/c1-14(2)23-16(25(33)30-31-11-12-34-20-10-5-4-9-19(20)31)13-28-24-21(15(3)29-32(23)24)22-17(26)7-6-8-18(22)27/h4-10,13-14H,11-12H2,1-3H3,(H,30,33). The molecule has 0 spiro atoms. The Morgan fingerprint density at radius 3 is 2.56 bits per heavy atom. The van der Waals surface area contributed by atoms with Crippen LogP contribution in [0.3, 0.4) is 0 Å². The second-order valence-corrected chi connectivity index (χ2v) is 8.41. The number of fused-ring (bicyclic) bond motifs is 2. The fourth-order valence-electron chi connectivity index (χ4n) is 4.34. The molecule has 0 atom stereocenters. The maximum absolute atomic E-state index is 14.6. The van der Waals surface area contributed by atoms with Crippen molar-refractivity contribution in [2.24, 2.45) is 0 Å². The van der Waals surface area contributed by atoms with Crippen molar-refractivity contribution in [1.29, 1.82) is 0 Å². The normalized spacial score (nSPS) is 13.2. The molecule has 0 aliphatic carbocycles. The van der Waals surface area contributed by atoms with Crippen LogP contribution in [0.25, 0.3) is 16.8 Å². The molecule has 0 saturated carbocycles. The average Bonchev–Trinajstić information content (AvgIpc) is 3.14. The summed E-state index contributed by atoms with van der Waals surface area (Å²) in [5.74, 6) is -1.19. The minimum absolute atomic E-state index is 0.124. The molecule has 9 heteroatoms. The highest BCUT2D eigenvalue weighted by molar-refractivity contribution is 5.97. The van der Waals surface area contributed by atoms with Crippen molar-refractivity contribution in [3.63, 3.8) is 0 Å². The molecule has 1 amide bonds. The molecule has 3 heterocycles. The topological polar surface area (TPSA) is 71.8 Å². The van der Waals surface area contributed by atoms with Gasteiger partial charge in [-0.25, -0.2) is 18.3 Å². The van der Waals surface area contributed by atoms with Gasteiger partial charge in [-0.05, 0) is 37.1 Å². The Kier molecular flexibility index (Phi) is 5.39. The van der Waals surface area contributed by atoms with Gasteiger partial charge in [0.2, 0.25) is 0 Å². The number of hydrogen-bond acceptors (Lipinski definition) is 5. The molecule has 2 aromatic carbocycles. The van der Waals surface area contributed by atoms with Crippen LogP contribution in [0.5, 0.6) is 5.75 Å². The second kappa shape index (κ2) is 8.40. The molecule has 4 aromatic rings. The van der Waals surface area contributed by atoms with E-state index < -0.39 is 11.6 Å². The van der Waals surface area contributed by atoms with E-state index in [9.17, 15) is 13.6 Å². The van der Waals surface area contributed by atoms with Crippen molar-refractivity contribution in [3.8, 4) is 16.9 Å². The molecular weight excluding hydrogens is 440 g/mol. The number of nitrogens with one attached hydrogen (secondary N) is 1. The van der Waals surface area contributed by atoms with Crippen LogP contribution >= 0.6 is 0 Å². The van der Waals surface area contributed by atoms with E-state index in [1.165, 1.54) is 28.9 Å². The second-order valence-electron chi connectivity index (χ2n) is 8.41. The molecule has 5 rings (SSSR count). The quantitative estimate of drug-likeness (QED) is 0.477. The van der Waals surface area contributed by atoms with Crippen LogP contribution in [0.2, 0.25) is 0 Å². The highest BCUT2D eigenvalue weighted by atomic mass is 19.1. The number of anilines is 1. The first kappa shape index (κ1) is 21.8. The number of amides is 1. The zero-order valence-electron chi connectivity index (χ0n) is 19.0. The van der Waals surface area contributed by atoms with Gasteiger partial charge in [-0.15, -0.1) is 0 Å². The Morgan fingerprint density at radius 2 is 1.82 bits per heavy atom. The number of aryl methyl sites for hydroxylation is 1. The molecule has 0 saturated heterocycles. The predicted molar refractivity (Wildman–Crippen MR) is 124 cm³/mol. The number of nitrogens with zero attached hydrogens (tertiary/aromatic N) is 4. The number of hydrogen-bond donors (Lipinski definition) is 1. The molecule has 7 nitrogen and oxygen atoms in total. The first-order chi connectivity index (χ1) is 16.4. The molecule has 174 valence electrons. The maximum Gasteiger partial charge on any atom is 0.273 e. The van der Waals surface area contributed by atoms with Gasteiger partial charge in [-0.1, -0.05) is 32.0 Å². The van der Waals surface area contributed by atoms with Crippen LogP contribution in [0, 0.1) is 18.6 Å². The summed E-state index contributed by atoms with van der Waals surface area (Å²) in [5.41, 5.74) is 5.41. The van der Waals surface area contributed by atoms with Gasteiger partial charge >= 0.3 is 0 Å². The Morgan fingerprint density at radius 1 is 1.09 bits per heavy atom. The number of rotatable bonds is 4. The van der Waals surface area contributed by atoms with E-state index in [0.29, 0.717) is 41.5 Å². The number of para-hydroxylation sites is 2. The average molecular weight is 463 g/mol. The molecule has 0 radical (unpaired) electrons. The first-order valence-electron chi connectivity index (χ1n) is 11.0. The van der Waals surface area contributed by atoms with E-state index in [4.69, 9.17) is 4.74 Å². The largest absolute Gasteiger partial charge is 0.489 e. The summed E-state index contributed by atoms with van der Waals surface area (Å²) in [5, 5.41) is 6.27. The molecule has 1 aliphatic rings. The molecule has 0 unspecified atom stereocenters. The number of benzene rings is 2. The summed E-state index contributed by atoms with van der Waals surface area (Å²) in [4.78, 5) is 17.8. The van der Waals surface area contributed by atoms with Crippen LogP contribution in [-0.2, 0) is 0 Å². The van der Waals surface area contributed by atoms with Gasteiger partial charge in [0, 0.05) is 6.20 Å². The Balaban J connectivity index is 1.60. The minimum Gasteiger partial charge on any atom is -0.489 e. The lowest BCUT2D eigenvalue weighted by atomic mass is 10.0. The summed E-state index contributed by atoms with van der Waals surface area (Å²) in [7, 11) is 0. The van der Waals surface area contributed by atoms with E-state index in [0.717, 1.165) is 5.69 Å². The fourth-order valence-corrected chi connectivity index (χ4v) is 4.34. The highest BCUT2D eigenvalue weighted by Gasteiger charge is 2.27. The molecule has 1 aliphatic heterocycles. The SMILES string of the molecule is Cc1nn2c(C(C)C)c(C(=O)NN3CCOc4ccccc43)cnc2c1-c1c(F)cccc1F. The predicted octanol–water partition coefficient (Wildman–Crippen LogP) is 4.65. The third-order valence-electron chi connectivity index (χ3n) is 5.83. The van der Waals surface area contributed by atoms with Crippen LogP contribution in [0.15, 0.2) is 48.7 Å². The molecule has 2 aromatic heterocycles. The van der Waals surface area contributed by atoms with Crippen molar-refractivity contribution >= 4 is 17.2 Å². The number of aromatic nitrogens is 3. The third kappa shape index (κ3) is 3.53. The van der Waals surface area contributed by atoms with Crippen LogP contribution in [-0.4, -0.2) is 33.7 Å². The first-order valence-corrected chi connectivity index (χ1v) is 11.0. The van der Waals surface area contributed by atoms with Gasteiger partial charge in [-0.3, -0.25) is 15.2 Å². The monoisotopic (exact) mass is 463 g/mol. The van der Waals surface area contributed by atoms with Gasteiger partial charge in [0.05, 0.1) is 40.3 Å². The van der Waals surface area contributed by atoms with Gasteiger partial charge in [0.1, 0.15) is 24.0 Å². The molecular formula is C25H23F2N5O2. The van der Waals surface area contributed by atoms with E-state index in [-0.39, 0.29) is 23.0 Å². The van der Waals surface area contributed by atoms with E-state index in [2.05, 4.69) is 15.5 Å². The number of carbonyl (C=O) groups excluding carboxylic acids is 1. The zero-order chi connectivity index (χ0) is 24.0. The Labute approximate surface area is 195 Å². The van der Waals surface area contributed by atoms with Crippen LogP contribution in [0.4, 0.5) is 14.5 Å². The lowest BCUT2D eigenvalue weighted by Gasteiger charge is -2.31. The van der Waals surface area contributed by atoms with E-state index in [1.54, 1.807) is 11.9 Å². The molecule has 0 bridgehead atoms. The lowest BCUT2D eigenvalue weighted by Crippen LogP contribution is -2.47. The smallest absolute Gasteiger partial charge is 0.273 e. The number of hydrazine groups is 1. The molecule has 34 heavy (non-hydrogen) atoms. The van der Waals surface area contributed by atoms with Gasteiger partial charge in [-0.2, -0.15) is 5.10 Å². The molecule has 1 N–H and O–H groups in total. The van der Waals surface area contributed by atoms with Gasteiger partial charge in [0.25, 0.3) is 5.91 Å². The highest BCUT2D eigenvalue weighted by Crippen LogP contribution is 2.34. The number of carbonyl (C=O) groups is 1. The molecule has 0 fully saturated rings. The third-order valence-corrected chi connectivity index (χ3v) is 5.83. The van der Waals surface area contributed by atoms with Gasteiger partial charge < -0.3 is 4.74 Å². The Hall–Kier alpha value is -4.01. The van der Waals surface area contributed by atoms with E-state index >= 15 is 0 Å². The number of ether oxygens (including phenoxy) is 1. The summed E-state index contributed by atoms with van der Waals surface area (Å²) >= 11 is 0. The number of halogens is 2. The summed E-state index contributed by atoms with van der Waals surface area (Å²) in [6.07, 6.45) is 1.44. The summed E-state index contributed by atoms with van der Waals surface area (Å²) in [6, 6.07) is 11.2.